The average molecular weight is 384 g/mol. The minimum atomic E-state index is -4.37. The van der Waals surface area contributed by atoms with E-state index in [2.05, 4.69) is 10.1 Å². The number of hydrogen-bond donors (Lipinski definition) is 2. The third-order valence-electron chi connectivity index (χ3n) is 3.26. The fourth-order valence-corrected chi connectivity index (χ4v) is 6.07. The lowest BCUT2D eigenvalue weighted by Gasteiger charge is -2.26. The molecule has 0 aliphatic carbocycles. The van der Waals surface area contributed by atoms with E-state index >= 15 is 0 Å². The van der Waals surface area contributed by atoms with Crippen molar-refractivity contribution in [3.05, 3.63) is 10.4 Å². The summed E-state index contributed by atoms with van der Waals surface area (Å²) in [6.45, 7) is 6.23. The van der Waals surface area contributed by atoms with Crippen LogP contribution in [-0.4, -0.2) is 37.2 Å². The zero-order valence-corrected chi connectivity index (χ0v) is 15.8. The lowest BCUT2D eigenvalue weighted by atomic mass is 10.3. The van der Waals surface area contributed by atoms with Crippen molar-refractivity contribution in [2.75, 3.05) is 0 Å². The van der Waals surface area contributed by atoms with Gasteiger partial charge in [-0.05, 0) is 31.9 Å². The first kappa shape index (κ1) is 22.4. The van der Waals surface area contributed by atoms with Crippen LogP contribution in [0.2, 0.25) is 0 Å². The van der Waals surface area contributed by atoms with E-state index < -0.39 is 36.6 Å². The Morgan fingerprint density at radius 1 is 1.08 bits per heavy atom. The molecule has 24 heavy (non-hydrogen) atoms. The Morgan fingerprint density at radius 3 is 1.83 bits per heavy atom. The Hall–Kier alpha value is -1.56. The van der Waals surface area contributed by atoms with Crippen LogP contribution in [0.15, 0.2) is 5.22 Å². The fraction of sp³-hybridized carbons (Fsp3) is 0.909. The maximum Gasteiger partial charge on any atom is 0.425 e. The minimum Gasteiger partial charge on any atom is -0.222 e. The molecule has 0 spiro atoms. The molecule has 0 rings (SSSR count). The minimum absolute atomic E-state index is 0.0110. The number of urea groups is 1. The molecule has 0 fully saturated rings. The van der Waals surface area contributed by atoms with E-state index in [9.17, 15) is 21.6 Å². The van der Waals surface area contributed by atoms with Crippen molar-refractivity contribution in [3.63, 3.8) is 0 Å². The molecular weight excluding hydrogens is 360 g/mol. The second kappa shape index (κ2) is 9.67. The van der Waals surface area contributed by atoms with Crippen LogP contribution in [0.1, 0.15) is 53.4 Å². The molecule has 0 heterocycles. The number of rotatable bonds is 10. The third kappa shape index (κ3) is 5.82. The fourth-order valence-electron chi connectivity index (χ4n) is 1.89. The van der Waals surface area contributed by atoms with Gasteiger partial charge in [-0.1, -0.05) is 26.7 Å². The highest BCUT2D eigenvalue weighted by Gasteiger charge is 2.42. The molecule has 0 aliphatic heterocycles. The van der Waals surface area contributed by atoms with Gasteiger partial charge in [-0.2, -0.15) is 10.3 Å². The first-order valence-electron chi connectivity index (χ1n) is 7.44. The van der Waals surface area contributed by atoms with E-state index in [-0.39, 0.29) is 16.7 Å². The zero-order chi connectivity index (χ0) is 19.0. The number of sulfonamides is 2. The number of azide groups is 1. The highest BCUT2D eigenvalue weighted by molar-refractivity contribution is 8.04. The molecule has 13 heteroatoms. The molecule has 0 saturated carbocycles. The summed E-state index contributed by atoms with van der Waals surface area (Å²) in [5.41, 5.74) is 11.5. The van der Waals surface area contributed by atoms with Gasteiger partial charge in [-0.3, -0.25) is 0 Å². The second-order valence-electron chi connectivity index (χ2n) is 5.23. The molecule has 140 valence electrons. The van der Waals surface area contributed by atoms with Crippen LogP contribution in [0.4, 0.5) is 4.79 Å². The molecule has 2 N–H and O–H groups in total. The number of carbonyl (C=O) groups is 1. The van der Waals surface area contributed by atoms with Crippen molar-refractivity contribution in [1.82, 2.24) is 14.7 Å². The molecule has 0 aromatic carbocycles. The lowest BCUT2D eigenvalue weighted by molar-refractivity contribution is 0.231. The Bertz CT molecular complexity index is 629. The van der Waals surface area contributed by atoms with Gasteiger partial charge in [0.15, 0.2) is 0 Å². The van der Waals surface area contributed by atoms with Crippen LogP contribution in [0.3, 0.4) is 0 Å². The van der Waals surface area contributed by atoms with E-state index in [1.807, 2.05) is 0 Å². The van der Waals surface area contributed by atoms with Crippen LogP contribution >= 0.6 is 0 Å². The van der Waals surface area contributed by atoms with Gasteiger partial charge in [0.1, 0.15) is 0 Å². The number of hydrogen-bond acceptors (Lipinski definition) is 6. The quantitative estimate of drug-likeness (QED) is 0.253. The topological polar surface area (TPSA) is 161 Å². The van der Waals surface area contributed by atoms with Crippen molar-refractivity contribution in [3.8, 4) is 0 Å². The summed E-state index contributed by atoms with van der Waals surface area (Å²) in [6, 6.07) is -1.27. The lowest BCUT2D eigenvalue weighted by Crippen LogP contribution is -2.56. The molecule has 2 amide bonds. The zero-order valence-electron chi connectivity index (χ0n) is 14.1. The van der Waals surface area contributed by atoms with E-state index in [1.165, 1.54) is 13.8 Å². The van der Waals surface area contributed by atoms with Gasteiger partial charge in [-0.15, -0.1) is 5.53 Å². The van der Waals surface area contributed by atoms with E-state index in [0.717, 1.165) is 0 Å². The van der Waals surface area contributed by atoms with Crippen LogP contribution in [-0.2, 0) is 20.0 Å². The van der Waals surface area contributed by atoms with E-state index in [1.54, 1.807) is 24.7 Å². The van der Waals surface area contributed by atoms with Gasteiger partial charge in [0.25, 0.3) is 0 Å². The summed E-state index contributed by atoms with van der Waals surface area (Å²) >= 11 is 0. The van der Waals surface area contributed by atoms with Gasteiger partial charge < -0.3 is 0 Å². The molecule has 0 aromatic heterocycles. The maximum absolute atomic E-state index is 12.6. The number of amides is 2. The van der Waals surface area contributed by atoms with Crippen LogP contribution in [0, 0.1) is 0 Å². The summed E-state index contributed by atoms with van der Waals surface area (Å²) in [5, 5.41) is 0.709. The van der Waals surface area contributed by atoms with Crippen LogP contribution in [0.25, 0.3) is 10.4 Å². The third-order valence-corrected chi connectivity index (χ3v) is 8.12. The van der Waals surface area contributed by atoms with Crippen LogP contribution in [0.5, 0.6) is 0 Å². The monoisotopic (exact) mass is 384 g/mol. The largest absolute Gasteiger partial charge is 0.425 e. The molecule has 0 bridgehead atoms. The summed E-state index contributed by atoms with van der Waals surface area (Å²) in [5.74, 6) is 0. The normalized spacial score (nSPS) is 14.5. The van der Waals surface area contributed by atoms with Gasteiger partial charge in [0.2, 0.25) is 20.0 Å². The van der Waals surface area contributed by atoms with Gasteiger partial charge >= 0.3 is 6.03 Å². The molecule has 0 saturated heterocycles. The van der Waals surface area contributed by atoms with Gasteiger partial charge in [-0.25, -0.2) is 27.1 Å². The van der Waals surface area contributed by atoms with Crippen LogP contribution < -0.4 is 10.9 Å². The Labute approximate surface area is 142 Å². The summed E-state index contributed by atoms with van der Waals surface area (Å²) in [6.07, 6.45) is 1.47. The average Bonchev–Trinajstić information content (AvgIpc) is 2.50. The highest BCUT2D eigenvalue weighted by atomic mass is 32.3. The molecule has 2 atom stereocenters. The number of carbonyl (C=O) groups excluding carboxylic acids is 1. The van der Waals surface area contributed by atoms with Crippen molar-refractivity contribution in [1.29, 1.82) is 0 Å². The summed E-state index contributed by atoms with van der Waals surface area (Å²) < 4.78 is 50.3. The van der Waals surface area contributed by atoms with Gasteiger partial charge in [0, 0.05) is 3.82 Å². The maximum atomic E-state index is 12.6. The van der Waals surface area contributed by atoms with E-state index in [0.29, 0.717) is 12.8 Å². The van der Waals surface area contributed by atoms with Crippen molar-refractivity contribution in [2.24, 2.45) is 5.22 Å². The molecule has 2 unspecified atom stereocenters. The summed E-state index contributed by atoms with van der Waals surface area (Å²) in [4.78, 5) is 13.9. The highest BCUT2D eigenvalue weighted by Crippen LogP contribution is 2.20. The Balaban J connectivity index is 5.84. The first-order chi connectivity index (χ1) is 11.0. The number of hydrazine groups is 1. The predicted octanol–water partition coefficient (Wildman–Crippen LogP) is 1.76. The SMILES string of the molecule is CCCC(C)S(=O)(=O)N(NC(=O)NN=[N+]=[N-])S(=O)(=O)C(C)CCC. The second-order valence-corrected chi connectivity index (χ2v) is 9.86. The van der Waals surface area contributed by atoms with Crippen molar-refractivity contribution < 1.29 is 21.6 Å². The predicted molar refractivity (Wildman–Crippen MR) is 89.2 cm³/mol. The number of nitrogens with one attached hydrogen (secondary N) is 2. The molecule has 0 aliphatic rings. The molecule has 0 aromatic rings. The standard InChI is InChI=1S/C11H24N6O5S2/c1-5-7-9(3)23(19,20)17(14-11(18)13-16-15-12)24(21,22)10(4)8-6-2/h9-10H,5-8H2,1-4H3,(H2,13,14,18). The van der Waals surface area contributed by atoms with Crippen molar-refractivity contribution in [2.45, 2.75) is 63.9 Å². The van der Waals surface area contributed by atoms with E-state index in [4.69, 9.17) is 5.53 Å². The Morgan fingerprint density at radius 2 is 1.50 bits per heavy atom. The number of nitrogens with zero attached hydrogens (tertiary/aromatic N) is 4. The first-order valence-corrected chi connectivity index (χ1v) is 10.4. The van der Waals surface area contributed by atoms with Gasteiger partial charge in [0.05, 0.1) is 10.5 Å². The summed E-state index contributed by atoms with van der Waals surface area (Å²) in [7, 11) is -8.73. The smallest absolute Gasteiger partial charge is 0.222 e. The molecule has 0 radical (unpaired) electrons. The molecular formula is C11H24N6O5S2. The Kier molecular flexibility index (Phi) is 9.04. The van der Waals surface area contributed by atoms with Crippen molar-refractivity contribution >= 4 is 26.1 Å². The molecule has 11 nitrogen and oxygen atoms in total.